The second kappa shape index (κ2) is 12.3. The molecule has 0 spiro atoms. The van der Waals surface area contributed by atoms with Gasteiger partial charge in [0.15, 0.2) is 0 Å². The molecule has 13 rings (SSSR count). The van der Waals surface area contributed by atoms with Gasteiger partial charge in [-0.05, 0) is 134 Å². The summed E-state index contributed by atoms with van der Waals surface area (Å²) >= 11 is 0. The first kappa shape index (κ1) is 33.5. The molecule has 1 nitrogen and oxygen atoms in total. The lowest BCUT2D eigenvalue weighted by Gasteiger charge is -2.29. The molecule has 0 heterocycles. The van der Waals surface area contributed by atoms with Gasteiger partial charge < -0.3 is 4.90 Å². The zero-order valence-corrected chi connectivity index (χ0v) is 33.5. The van der Waals surface area contributed by atoms with E-state index in [2.05, 4.69) is 219 Å². The van der Waals surface area contributed by atoms with Crippen LogP contribution < -0.4 is 4.90 Å². The number of hydrogen-bond donors (Lipinski definition) is 0. The summed E-state index contributed by atoms with van der Waals surface area (Å²) in [6.07, 6.45) is 0. The van der Waals surface area contributed by atoms with E-state index in [4.69, 9.17) is 0 Å². The van der Waals surface area contributed by atoms with Crippen molar-refractivity contribution in [1.82, 2.24) is 0 Å². The molecule has 1 aliphatic carbocycles. The van der Waals surface area contributed by atoms with Crippen LogP contribution in [0.3, 0.4) is 0 Å². The first-order valence-electron chi connectivity index (χ1n) is 21.1. The number of fused-ring (bicyclic) bond motifs is 6. The highest BCUT2D eigenvalue weighted by molar-refractivity contribution is 6.38. The molecular formula is C59H39N. The van der Waals surface area contributed by atoms with Crippen LogP contribution in [0.2, 0.25) is 0 Å². The Morgan fingerprint density at radius 2 is 0.833 bits per heavy atom. The maximum atomic E-state index is 2.48. The van der Waals surface area contributed by atoms with E-state index < -0.39 is 0 Å². The normalized spacial score (nSPS) is 13.3. The third kappa shape index (κ3) is 4.63. The minimum Gasteiger partial charge on any atom is -0.310 e. The van der Waals surface area contributed by atoms with E-state index in [9.17, 15) is 0 Å². The van der Waals surface area contributed by atoms with Crippen molar-refractivity contribution in [1.29, 1.82) is 0 Å². The summed E-state index contributed by atoms with van der Waals surface area (Å²) in [4.78, 5) is 2.48. The summed E-state index contributed by atoms with van der Waals surface area (Å²) in [5, 5.41) is 17.9. The zero-order chi connectivity index (χ0) is 39.7. The van der Waals surface area contributed by atoms with E-state index in [1.54, 1.807) is 0 Å². The highest BCUT2D eigenvalue weighted by Gasteiger charge is 2.35. The Kier molecular flexibility index (Phi) is 6.85. The van der Waals surface area contributed by atoms with Crippen LogP contribution >= 0.6 is 0 Å². The molecule has 12 aromatic rings. The Labute approximate surface area is 348 Å². The Hall–Kier alpha value is -7.48. The largest absolute Gasteiger partial charge is 0.310 e. The van der Waals surface area contributed by atoms with Crippen LogP contribution in [0.25, 0.3) is 97.7 Å². The molecule has 0 saturated heterocycles. The second-order valence-corrected chi connectivity index (χ2v) is 17.2. The molecular weight excluding hydrogens is 723 g/mol. The van der Waals surface area contributed by atoms with Gasteiger partial charge in [-0.15, -0.1) is 0 Å². The summed E-state index contributed by atoms with van der Waals surface area (Å²) in [5.41, 5.74) is 11.3. The van der Waals surface area contributed by atoms with Gasteiger partial charge in [0.25, 0.3) is 0 Å². The van der Waals surface area contributed by atoms with E-state index in [0.29, 0.717) is 0 Å². The minimum absolute atomic E-state index is 0.0504. The number of rotatable bonds is 4. The molecule has 0 atom stereocenters. The van der Waals surface area contributed by atoms with Crippen LogP contribution in [0.15, 0.2) is 200 Å². The van der Waals surface area contributed by atoms with Crippen molar-refractivity contribution in [2.24, 2.45) is 0 Å². The minimum atomic E-state index is -0.0504. The van der Waals surface area contributed by atoms with Gasteiger partial charge in [-0.2, -0.15) is 0 Å². The summed E-state index contributed by atoms with van der Waals surface area (Å²) in [7, 11) is 0. The third-order valence-corrected chi connectivity index (χ3v) is 13.7. The Balaban J connectivity index is 1.07. The highest BCUT2D eigenvalue weighted by Crippen LogP contribution is 2.51. The standard InChI is InChI=1S/C59H39N/c1-59(2)52-22-6-5-16-45(52)46-32-28-41(34-53(46)59)37-25-29-43(30-26-37)60(44-31-27-36-11-3-4-12-40(36)33-44)54-35-42-15-9-19-48-47-17-7-13-38-23-24-39-14-8-18-49(56(39)55(38)47)50-20-10-21-51(54)58(50)57(42)48/h3-35H,1-2H3. The number of nitrogens with zero attached hydrogens (tertiary/aromatic N) is 1. The summed E-state index contributed by atoms with van der Waals surface area (Å²) in [6, 6.07) is 75.2. The summed E-state index contributed by atoms with van der Waals surface area (Å²) in [6.45, 7) is 4.72. The highest BCUT2D eigenvalue weighted by atomic mass is 15.1. The van der Waals surface area contributed by atoms with Crippen LogP contribution in [0.1, 0.15) is 25.0 Å². The van der Waals surface area contributed by atoms with Gasteiger partial charge in [0.1, 0.15) is 0 Å². The van der Waals surface area contributed by atoms with Crippen LogP contribution in [-0.4, -0.2) is 0 Å². The van der Waals surface area contributed by atoms with Crippen LogP contribution in [0, 0.1) is 0 Å². The average molecular weight is 762 g/mol. The first-order valence-corrected chi connectivity index (χ1v) is 21.1. The fourth-order valence-electron chi connectivity index (χ4n) is 10.9. The van der Waals surface area contributed by atoms with E-state index in [-0.39, 0.29) is 5.41 Å². The van der Waals surface area contributed by atoms with Crippen LogP contribution in [0.4, 0.5) is 17.1 Å². The predicted octanol–water partition coefficient (Wildman–Crippen LogP) is 16.6. The number of hydrogen-bond acceptors (Lipinski definition) is 1. The monoisotopic (exact) mass is 761 g/mol. The number of anilines is 3. The molecule has 280 valence electrons. The Bertz CT molecular complexity index is 3740. The summed E-state index contributed by atoms with van der Waals surface area (Å²) in [5.74, 6) is 0. The van der Waals surface area contributed by atoms with E-state index >= 15 is 0 Å². The Morgan fingerprint density at radius 3 is 1.57 bits per heavy atom. The molecule has 1 aliphatic rings. The number of benzene rings is 11. The lowest BCUT2D eigenvalue weighted by molar-refractivity contribution is 0.660. The van der Waals surface area contributed by atoms with E-state index in [0.717, 1.165) is 17.1 Å². The maximum Gasteiger partial charge on any atom is 0.0546 e. The molecule has 12 aromatic carbocycles. The van der Waals surface area contributed by atoms with Crippen molar-refractivity contribution in [3.8, 4) is 22.3 Å². The molecule has 0 N–H and O–H groups in total. The fourth-order valence-corrected chi connectivity index (χ4v) is 10.9. The summed E-state index contributed by atoms with van der Waals surface area (Å²) < 4.78 is 0. The molecule has 0 aliphatic heterocycles. The zero-order valence-electron chi connectivity index (χ0n) is 33.5. The van der Waals surface area contributed by atoms with Crippen LogP contribution in [0.5, 0.6) is 0 Å². The van der Waals surface area contributed by atoms with Crippen LogP contribution in [-0.2, 0) is 5.41 Å². The fraction of sp³-hybridized carbons (Fsp3) is 0.0508. The van der Waals surface area contributed by atoms with Gasteiger partial charge in [-0.1, -0.05) is 178 Å². The van der Waals surface area contributed by atoms with Gasteiger partial charge in [0.2, 0.25) is 0 Å². The van der Waals surface area contributed by atoms with Crippen molar-refractivity contribution in [3.05, 3.63) is 211 Å². The third-order valence-electron chi connectivity index (χ3n) is 13.7. The van der Waals surface area contributed by atoms with Gasteiger partial charge in [0.05, 0.1) is 5.69 Å². The van der Waals surface area contributed by atoms with Crippen molar-refractivity contribution in [2.75, 3.05) is 4.90 Å². The molecule has 0 amide bonds. The lowest BCUT2D eigenvalue weighted by Crippen LogP contribution is -2.14. The SMILES string of the molecule is CC1(C)c2ccccc2-c2ccc(-c3ccc(N(c4ccc5ccccc5c4)c4cc5cccc6c7cccc8ccc9cccc(c%10cccc4c%10c56)c9c87)cc3)cc21. The molecule has 0 fully saturated rings. The van der Waals surface area contributed by atoms with Gasteiger partial charge in [0, 0.05) is 27.6 Å². The van der Waals surface area contributed by atoms with Gasteiger partial charge in [-0.3, -0.25) is 0 Å². The van der Waals surface area contributed by atoms with E-state index in [1.165, 1.54) is 109 Å². The molecule has 0 unspecified atom stereocenters. The smallest absolute Gasteiger partial charge is 0.0546 e. The van der Waals surface area contributed by atoms with E-state index in [1.807, 2.05) is 0 Å². The lowest BCUT2D eigenvalue weighted by atomic mass is 9.81. The Morgan fingerprint density at radius 1 is 0.317 bits per heavy atom. The quantitative estimate of drug-likeness (QED) is 0.161. The second-order valence-electron chi connectivity index (χ2n) is 17.2. The molecule has 0 bridgehead atoms. The molecule has 0 saturated carbocycles. The predicted molar refractivity (Wildman–Crippen MR) is 258 cm³/mol. The molecule has 0 radical (unpaired) electrons. The van der Waals surface area contributed by atoms with Crippen molar-refractivity contribution >= 4 is 92.5 Å². The molecule has 1 heteroatoms. The van der Waals surface area contributed by atoms with Crippen molar-refractivity contribution in [3.63, 3.8) is 0 Å². The van der Waals surface area contributed by atoms with Crippen molar-refractivity contribution < 1.29 is 0 Å². The topological polar surface area (TPSA) is 3.24 Å². The maximum absolute atomic E-state index is 2.48. The molecule has 0 aromatic heterocycles. The van der Waals surface area contributed by atoms with Gasteiger partial charge >= 0.3 is 0 Å². The van der Waals surface area contributed by atoms with Gasteiger partial charge in [-0.25, -0.2) is 0 Å². The van der Waals surface area contributed by atoms with Crippen molar-refractivity contribution in [2.45, 2.75) is 19.3 Å². The average Bonchev–Trinajstić information content (AvgIpc) is 3.53. The molecule has 60 heavy (non-hydrogen) atoms. The first-order chi connectivity index (χ1) is 29.5.